The van der Waals surface area contributed by atoms with Crippen LogP contribution in [0.5, 0.6) is 0 Å². The van der Waals surface area contributed by atoms with Gasteiger partial charge in [-0.2, -0.15) is 0 Å². The second kappa shape index (κ2) is 5.99. The van der Waals surface area contributed by atoms with E-state index >= 15 is 0 Å². The highest BCUT2D eigenvalue weighted by Crippen LogP contribution is 2.26. The quantitative estimate of drug-likeness (QED) is 0.494. The van der Waals surface area contributed by atoms with Crippen molar-refractivity contribution in [3.05, 3.63) is 33.9 Å². The number of nitrogen functional groups attached to an aromatic ring is 1. The lowest BCUT2D eigenvalue weighted by molar-refractivity contribution is -0.384. The van der Waals surface area contributed by atoms with Crippen molar-refractivity contribution >= 4 is 11.4 Å². The first kappa shape index (κ1) is 13.8. The highest BCUT2D eigenvalue weighted by atomic mass is 16.6. The summed E-state index contributed by atoms with van der Waals surface area (Å²) in [6.07, 6.45) is 2.43. The largest absolute Gasteiger partial charge is 0.318 e. The van der Waals surface area contributed by atoms with Crippen LogP contribution in [0.4, 0.5) is 11.4 Å². The normalized spacial score (nSPS) is 17.4. The number of anilines is 1. The van der Waals surface area contributed by atoms with Gasteiger partial charge in [0.05, 0.1) is 4.92 Å². The van der Waals surface area contributed by atoms with Crippen molar-refractivity contribution in [3.8, 4) is 0 Å². The summed E-state index contributed by atoms with van der Waals surface area (Å²) < 4.78 is 0. The third-order valence-corrected chi connectivity index (χ3v) is 3.70. The maximum absolute atomic E-state index is 10.8. The zero-order valence-electron chi connectivity index (χ0n) is 11.1. The minimum Gasteiger partial charge on any atom is -0.318 e. The molecule has 0 spiro atoms. The first-order valence-electron chi connectivity index (χ1n) is 6.56. The van der Waals surface area contributed by atoms with Gasteiger partial charge in [0.25, 0.3) is 5.69 Å². The zero-order valence-corrected chi connectivity index (χ0v) is 11.1. The number of likely N-dealkylation sites (tertiary alicyclic amines) is 1. The number of benzene rings is 1. The van der Waals surface area contributed by atoms with Crippen molar-refractivity contribution in [1.82, 2.24) is 4.90 Å². The van der Waals surface area contributed by atoms with Crippen molar-refractivity contribution in [1.29, 1.82) is 0 Å². The van der Waals surface area contributed by atoms with E-state index in [-0.39, 0.29) is 5.69 Å². The van der Waals surface area contributed by atoms with Crippen molar-refractivity contribution in [2.24, 2.45) is 11.8 Å². The third-order valence-electron chi connectivity index (χ3n) is 3.70. The van der Waals surface area contributed by atoms with Crippen LogP contribution in [0.2, 0.25) is 0 Å². The lowest BCUT2D eigenvalue weighted by Crippen LogP contribution is -2.32. The number of nitro benzene ring substituents is 1. The van der Waals surface area contributed by atoms with Crippen LogP contribution in [0.25, 0.3) is 0 Å². The summed E-state index contributed by atoms with van der Waals surface area (Å²) >= 11 is 0. The van der Waals surface area contributed by atoms with Gasteiger partial charge in [-0.1, -0.05) is 13.0 Å². The molecule has 1 aliphatic rings. The molecule has 0 unspecified atom stereocenters. The zero-order chi connectivity index (χ0) is 13.8. The Bertz CT molecular complexity index is 456. The van der Waals surface area contributed by atoms with Gasteiger partial charge < -0.3 is 5.43 Å². The van der Waals surface area contributed by atoms with Gasteiger partial charge in [-0.3, -0.25) is 20.9 Å². The van der Waals surface area contributed by atoms with Crippen LogP contribution in [0.1, 0.15) is 25.3 Å². The summed E-state index contributed by atoms with van der Waals surface area (Å²) in [6, 6.07) is 5.07. The average Bonchev–Trinajstić information content (AvgIpc) is 2.41. The Kier molecular flexibility index (Phi) is 4.34. The Hall–Kier alpha value is -1.66. The molecule has 0 aromatic heterocycles. The Balaban J connectivity index is 2.07. The summed E-state index contributed by atoms with van der Waals surface area (Å²) in [4.78, 5) is 12.8. The molecular formula is C13H20N4O2. The van der Waals surface area contributed by atoms with Crippen LogP contribution in [-0.4, -0.2) is 22.9 Å². The first-order chi connectivity index (χ1) is 9.10. The lowest BCUT2D eigenvalue weighted by atomic mass is 9.99. The number of nitrogens with one attached hydrogen (secondary N) is 1. The first-order valence-corrected chi connectivity index (χ1v) is 6.56. The summed E-state index contributed by atoms with van der Waals surface area (Å²) in [7, 11) is 0. The molecule has 104 valence electrons. The third kappa shape index (κ3) is 3.42. The molecule has 1 aromatic carbocycles. The lowest BCUT2D eigenvalue weighted by Gasteiger charge is -2.30. The SMILES string of the molecule is CC1CCN(Cc2ccc([N+](=O)[O-])c(NN)c2)CC1. The van der Waals surface area contributed by atoms with Crippen molar-refractivity contribution in [3.63, 3.8) is 0 Å². The maximum Gasteiger partial charge on any atom is 0.293 e. The summed E-state index contributed by atoms with van der Waals surface area (Å²) in [5.74, 6) is 6.14. The topological polar surface area (TPSA) is 84.4 Å². The standard InChI is InChI=1S/C13H20N4O2/c1-10-4-6-16(7-5-10)9-11-2-3-13(17(18)19)12(8-11)15-14/h2-3,8,10,15H,4-7,9,14H2,1H3. The van der Waals surface area contributed by atoms with Crippen LogP contribution in [0.15, 0.2) is 18.2 Å². The van der Waals surface area contributed by atoms with Crippen LogP contribution in [0, 0.1) is 16.0 Å². The van der Waals surface area contributed by atoms with Gasteiger partial charge in [0.15, 0.2) is 0 Å². The molecule has 0 aliphatic carbocycles. The Morgan fingerprint density at radius 1 is 1.47 bits per heavy atom. The average molecular weight is 264 g/mol. The maximum atomic E-state index is 10.8. The molecule has 1 saturated heterocycles. The van der Waals surface area contributed by atoms with E-state index in [1.54, 1.807) is 12.1 Å². The van der Waals surface area contributed by atoms with E-state index in [0.29, 0.717) is 5.69 Å². The van der Waals surface area contributed by atoms with Crippen molar-refractivity contribution in [2.45, 2.75) is 26.3 Å². The van der Waals surface area contributed by atoms with Crippen LogP contribution in [0.3, 0.4) is 0 Å². The Morgan fingerprint density at radius 2 is 2.16 bits per heavy atom. The predicted octanol–water partition coefficient (Wildman–Crippen LogP) is 2.11. The Labute approximate surface area is 112 Å². The summed E-state index contributed by atoms with van der Waals surface area (Å²) in [5, 5.41) is 10.8. The van der Waals surface area contributed by atoms with Crippen LogP contribution < -0.4 is 11.3 Å². The molecule has 3 N–H and O–H groups in total. The number of nitrogens with zero attached hydrogens (tertiary/aromatic N) is 2. The fourth-order valence-corrected chi connectivity index (χ4v) is 2.43. The number of hydrogen-bond donors (Lipinski definition) is 2. The van der Waals surface area contributed by atoms with E-state index in [9.17, 15) is 10.1 Å². The van der Waals surface area contributed by atoms with Gasteiger partial charge in [0, 0.05) is 12.6 Å². The molecular weight excluding hydrogens is 244 g/mol. The summed E-state index contributed by atoms with van der Waals surface area (Å²) in [6.45, 7) is 5.27. The van der Waals surface area contributed by atoms with E-state index in [4.69, 9.17) is 5.84 Å². The van der Waals surface area contributed by atoms with Gasteiger partial charge in [-0.25, -0.2) is 0 Å². The predicted molar refractivity (Wildman–Crippen MR) is 74.6 cm³/mol. The highest BCUT2D eigenvalue weighted by Gasteiger charge is 2.17. The number of nitro groups is 1. The fourth-order valence-electron chi connectivity index (χ4n) is 2.43. The van der Waals surface area contributed by atoms with Gasteiger partial charge in [0.2, 0.25) is 0 Å². The number of hydrogen-bond acceptors (Lipinski definition) is 5. The second-order valence-corrected chi connectivity index (χ2v) is 5.21. The van der Waals surface area contributed by atoms with Gasteiger partial charge in [0.1, 0.15) is 5.69 Å². The second-order valence-electron chi connectivity index (χ2n) is 5.21. The molecule has 1 aromatic rings. The molecule has 1 fully saturated rings. The van der Waals surface area contributed by atoms with Gasteiger partial charge >= 0.3 is 0 Å². The van der Waals surface area contributed by atoms with Gasteiger partial charge in [-0.15, -0.1) is 0 Å². The van der Waals surface area contributed by atoms with E-state index < -0.39 is 4.92 Å². The molecule has 6 heteroatoms. The van der Waals surface area contributed by atoms with E-state index in [1.807, 2.05) is 0 Å². The van der Waals surface area contributed by atoms with Crippen molar-refractivity contribution in [2.75, 3.05) is 18.5 Å². The molecule has 0 bridgehead atoms. The molecule has 6 nitrogen and oxygen atoms in total. The monoisotopic (exact) mass is 264 g/mol. The van der Waals surface area contributed by atoms with E-state index in [1.165, 1.54) is 18.9 Å². The summed E-state index contributed by atoms with van der Waals surface area (Å²) in [5.41, 5.74) is 3.83. The molecule has 1 aliphatic heterocycles. The van der Waals surface area contributed by atoms with Gasteiger partial charge in [-0.05, 0) is 43.5 Å². The van der Waals surface area contributed by atoms with Crippen LogP contribution >= 0.6 is 0 Å². The minimum atomic E-state index is -0.429. The molecule has 0 radical (unpaired) electrons. The molecule has 19 heavy (non-hydrogen) atoms. The highest BCUT2D eigenvalue weighted by molar-refractivity contribution is 5.62. The molecule has 0 amide bonds. The molecule has 0 saturated carbocycles. The van der Waals surface area contributed by atoms with Crippen molar-refractivity contribution < 1.29 is 4.92 Å². The molecule has 0 atom stereocenters. The minimum absolute atomic E-state index is 0.0125. The Morgan fingerprint density at radius 3 is 2.74 bits per heavy atom. The van der Waals surface area contributed by atoms with E-state index in [2.05, 4.69) is 17.2 Å². The number of piperidine rings is 1. The number of nitrogens with two attached hydrogens (primary N) is 1. The van der Waals surface area contributed by atoms with Crippen LogP contribution in [-0.2, 0) is 6.54 Å². The smallest absolute Gasteiger partial charge is 0.293 e. The fraction of sp³-hybridized carbons (Fsp3) is 0.538. The molecule has 1 heterocycles. The van der Waals surface area contributed by atoms with E-state index in [0.717, 1.165) is 31.1 Å². The number of rotatable bonds is 4. The molecule has 2 rings (SSSR count). The number of hydrazine groups is 1.